The minimum absolute atomic E-state index is 0.194. The van der Waals surface area contributed by atoms with Crippen LogP contribution in [-0.2, 0) is 0 Å². The normalized spacial score (nSPS) is 10.3. The second-order valence-corrected chi connectivity index (χ2v) is 4.96. The Balaban J connectivity index is 2.25. The van der Waals surface area contributed by atoms with Gasteiger partial charge in [0.15, 0.2) is 5.78 Å². The Labute approximate surface area is 112 Å². The molecule has 0 heterocycles. The predicted molar refractivity (Wildman–Crippen MR) is 78.3 cm³/mol. The first-order valence-electron chi connectivity index (χ1n) is 6.02. The summed E-state index contributed by atoms with van der Waals surface area (Å²) in [4.78, 5) is 12.8. The van der Waals surface area contributed by atoms with Gasteiger partial charge in [0.2, 0.25) is 0 Å². The minimum Gasteiger partial charge on any atom is -0.294 e. The topological polar surface area (TPSA) is 17.1 Å². The number of Topliss-reactive ketones (excluding diaryl/α,β-unsaturated/α-hetero) is 1. The highest BCUT2D eigenvalue weighted by molar-refractivity contribution is 7.98. The van der Waals surface area contributed by atoms with Crippen LogP contribution in [0, 0.1) is 0 Å². The lowest BCUT2D eigenvalue weighted by Gasteiger charge is -2.04. The summed E-state index contributed by atoms with van der Waals surface area (Å²) in [5.41, 5.74) is 3.13. The van der Waals surface area contributed by atoms with Crippen molar-refractivity contribution in [1.29, 1.82) is 0 Å². The molecule has 0 aliphatic rings. The van der Waals surface area contributed by atoms with E-state index in [0.29, 0.717) is 6.42 Å². The molecule has 2 rings (SSSR count). The summed E-state index contributed by atoms with van der Waals surface area (Å²) in [6.07, 6.45) is 2.63. The molecular weight excluding hydrogens is 240 g/mol. The maximum Gasteiger partial charge on any atom is 0.162 e. The molecule has 0 atom stereocenters. The minimum atomic E-state index is 0.194. The van der Waals surface area contributed by atoms with Gasteiger partial charge in [-0.05, 0) is 29.5 Å². The van der Waals surface area contributed by atoms with Crippen molar-refractivity contribution in [3.05, 3.63) is 54.1 Å². The summed E-state index contributed by atoms with van der Waals surface area (Å²) in [6, 6.07) is 16.3. The molecular formula is C16H16OS. The summed E-state index contributed by atoms with van der Waals surface area (Å²) < 4.78 is 0. The second kappa shape index (κ2) is 5.87. The van der Waals surface area contributed by atoms with Gasteiger partial charge in [0.1, 0.15) is 0 Å². The molecule has 0 unspecified atom stereocenters. The zero-order chi connectivity index (χ0) is 13.0. The molecule has 0 aromatic heterocycles. The quantitative estimate of drug-likeness (QED) is 0.584. The number of carbonyl (C=O) groups excluding carboxylic acids is 1. The molecule has 2 aromatic carbocycles. The summed E-state index contributed by atoms with van der Waals surface area (Å²) >= 11 is 1.74. The lowest BCUT2D eigenvalue weighted by Crippen LogP contribution is -1.95. The van der Waals surface area contributed by atoms with Crippen LogP contribution in [0.5, 0.6) is 0 Å². The van der Waals surface area contributed by atoms with E-state index in [1.807, 2.05) is 31.2 Å². The van der Waals surface area contributed by atoms with E-state index >= 15 is 0 Å². The average molecular weight is 256 g/mol. The highest BCUT2D eigenvalue weighted by Crippen LogP contribution is 2.23. The van der Waals surface area contributed by atoms with E-state index in [9.17, 15) is 4.79 Å². The van der Waals surface area contributed by atoms with Crippen molar-refractivity contribution in [3.63, 3.8) is 0 Å². The van der Waals surface area contributed by atoms with Gasteiger partial charge in [-0.1, -0.05) is 43.3 Å². The van der Waals surface area contributed by atoms with Gasteiger partial charge in [-0.2, -0.15) is 0 Å². The van der Waals surface area contributed by atoms with Gasteiger partial charge in [-0.25, -0.2) is 0 Å². The Kier molecular flexibility index (Phi) is 4.21. The van der Waals surface area contributed by atoms with Crippen LogP contribution < -0.4 is 0 Å². The van der Waals surface area contributed by atoms with Gasteiger partial charge in [-0.15, -0.1) is 11.8 Å². The molecule has 1 nitrogen and oxygen atoms in total. The van der Waals surface area contributed by atoms with Crippen molar-refractivity contribution >= 4 is 17.5 Å². The fourth-order valence-electron chi connectivity index (χ4n) is 1.84. The van der Waals surface area contributed by atoms with Crippen LogP contribution in [0.4, 0.5) is 0 Å². The Morgan fingerprint density at radius 2 is 1.44 bits per heavy atom. The summed E-state index contributed by atoms with van der Waals surface area (Å²) in [6.45, 7) is 1.89. The number of hydrogen-bond donors (Lipinski definition) is 0. The van der Waals surface area contributed by atoms with E-state index in [4.69, 9.17) is 0 Å². The molecule has 18 heavy (non-hydrogen) atoms. The van der Waals surface area contributed by atoms with Gasteiger partial charge in [0.05, 0.1) is 0 Å². The zero-order valence-electron chi connectivity index (χ0n) is 10.6. The lowest BCUT2D eigenvalue weighted by molar-refractivity contribution is 0.0988. The molecule has 0 aliphatic carbocycles. The summed E-state index contributed by atoms with van der Waals surface area (Å²) in [7, 11) is 0. The molecule has 2 aromatic rings. The third kappa shape index (κ3) is 2.82. The molecule has 92 valence electrons. The molecule has 2 heteroatoms. The van der Waals surface area contributed by atoms with Crippen LogP contribution in [0.15, 0.2) is 53.4 Å². The van der Waals surface area contributed by atoms with E-state index in [1.54, 1.807) is 11.8 Å². The number of thioether (sulfide) groups is 1. The molecule has 0 bridgehead atoms. The Bertz CT molecular complexity index is 526. The standard InChI is InChI=1S/C16H16OS/c1-3-16(17)14-6-4-12(5-7-14)13-8-10-15(18-2)11-9-13/h4-11H,3H2,1-2H3. The van der Waals surface area contributed by atoms with Crippen LogP contribution in [0.3, 0.4) is 0 Å². The average Bonchev–Trinajstić information content (AvgIpc) is 2.47. The number of hydrogen-bond acceptors (Lipinski definition) is 2. The molecule has 0 saturated carbocycles. The summed E-state index contributed by atoms with van der Waals surface area (Å²) in [5, 5.41) is 0. The molecule has 0 N–H and O–H groups in total. The number of carbonyl (C=O) groups is 1. The third-order valence-corrected chi connectivity index (χ3v) is 3.69. The van der Waals surface area contributed by atoms with E-state index in [1.165, 1.54) is 10.5 Å². The highest BCUT2D eigenvalue weighted by atomic mass is 32.2. The van der Waals surface area contributed by atoms with Crippen molar-refractivity contribution in [1.82, 2.24) is 0 Å². The van der Waals surface area contributed by atoms with Crippen LogP contribution in [0.2, 0.25) is 0 Å². The van der Waals surface area contributed by atoms with Crippen LogP contribution in [0.25, 0.3) is 11.1 Å². The SMILES string of the molecule is CCC(=O)c1ccc(-c2ccc(SC)cc2)cc1. The predicted octanol–water partition coefficient (Wildman–Crippen LogP) is 4.67. The molecule has 0 radical (unpaired) electrons. The number of rotatable bonds is 4. The van der Waals surface area contributed by atoms with Gasteiger partial charge in [-0.3, -0.25) is 4.79 Å². The van der Waals surface area contributed by atoms with Gasteiger partial charge >= 0.3 is 0 Å². The Morgan fingerprint density at radius 3 is 1.89 bits per heavy atom. The maximum absolute atomic E-state index is 11.5. The number of ketones is 1. The van der Waals surface area contributed by atoms with Crippen molar-refractivity contribution in [2.75, 3.05) is 6.26 Å². The largest absolute Gasteiger partial charge is 0.294 e. The van der Waals surface area contributed by atoms with Crippen molar-refractivity contribution in [2.45, 2.75) is 18.2 Å². The molecule has 0 amide bonds. The molecule has 0 fully saturated rings. The zero-order valence-corrected chi connectivity index (χ0v) is 11.5. The van der Waals surface area contributed by atoms with Crippen molar-refractivity contribution < 1.29 is 4.79 Å². The van der Waals surface area contributed by atoms with Gasteiger partial charge < -0.3 is 0 Å². The van der Waals surface area contributed by atoms with E-state index in [0.717, 1.165) is 11.1 Å². The van der Waals surface area contributed by atoms with Gasteiger partial charge in [0.25, 0.3) is 0 Å². The second-order valence-electron chi connectivity index (χ2n) is 4.08. The smallest absolute Gasteiger partial charge is 0.162 e. The monoisotopic (exact) mass is 256 g/mol. The first-order valence-corrected chi connectivity index (χ1v) is 7.24. The van der Waals surface area contributed by atoms with Gasteiger partial charge in [0, 0.05) is 16.9 Å². The van der Waals surface area contributed by atoms with Crippen LogP contribution >= 0.6 is 11.8 Å². The Morgan fingerprint density at radius 1 is 0.944 bits per heavy atom. The van der Waals surface area contributed by atoms with E-state index < -0.39 is 0 Å². The molecule has 0 saturated heterocycles. The lowest BCUT2D eigenvalue weighted by atomic mass is 10.0. The first-order chi connectivity index (χ1) is 8.74. The van der Waals surface area contributed by atoms with Crippen LogP contribution in [-0.4, -0.2) is 12.0 Å². The molecule has 0 spiro atoms. The first kappa shape index (κ1) is 12.9. The van der Waals surface area contributed by atoms with Crippen molar-refractivity contribution in [2.24, 2.45) is 0 Å². The van der Waals surface area contributed by atoms with E-state index in [2.05, 4.69) is 30.5 Å². The Hall–Kier alpha value is -1.54. The highest BCUT2D eigenvalue weighted by Gasteiger charge is 2.03. The summed E-state index contributed by atoms with van der Waals surface area (Å²) in [5.74, 6) is 0.194. The molecule has 0 aliphatic heterocycles. The van der Waals surface area contributed by atoms with Crippen LogP contribution in [0.1, 0.15) is 23.7 Å². The van der Waals surface area contributed by atoms with E-state index in [-0.39, 0.29) is 5.78 Å². The fourth-order valence-corrected chi connectivity index (χ4v) is 2.24. The fraction of sp³-hybridized carbons (Fsp3) is 0.188. The number of benzene rings is 2. The maximum atomic E-state index is 11.5. The van der Waals surface area contributed by atoms with Crippen molar-refractivity contribution in [3.8, 4) is 11.1 Å². The third-order valence-electron chi connectivity index (χ3n) is 2.95.